The number of hydrogen-bond acceptors (Lipinski definition) is 3. The van der Waals surface area contributed by atoms with Crippen LogP contribution in [0.3, 0.4) is 0 Å². The van der Waals surface area contributed by atoms with E-state index in [0.29, 0.717) is 5.88 Å². The number of aryl methyl sites for hydroxylation is 2. The summed E-state index contributed by atoms with van der Waals surface area (Å²) in [6, 6.07) is 6.24. The quantitative estimate of drug-likeness (QED) is 0.774. The molecule has 0 saturated carbocycles. The van der Waals surface area contributed by atoms with E-state index in [1.54, 1.807) is 11.3 Å². The summed E-state index contributed by atoms with van der Waals surface area (Å²) in [5, 5.41) is 10.4. The van der Waals surface area contributed by atoms with E-state index in [0.717, 1.165) is 32.9 Å². The molecule has 0 saturated heterocycles. The SMILES string of the molecule is Cc1ccc(Br)c(-c2nnc(CCCCl)s2)c1. The maximum atomic E-state index is 5.67. The van der Waals surface area contributed by atoms with Crippen LogP contribution in [0.5, 0.6) is 0 Å². The van der Waals surface area contributed by atoms with Gasteiger partial charge in [0.15, 0.2) is 0 Å². The third kappa shape index (κ3) is 3.27. The Morgan fingerprint density at radius 3 is 2.94 bits per heavy atom. The second-order valence-corrected chi connectivity index (χ2v) is 6.07. The van der Waals surface area contributed by atoms with E-state index in [-0.39, 0.29) is 0 Å². The molecule has 0 bridgehead atoms. The Hall–Kier alpha value is -0.450. The summed E-state index contributed by atoms with van der Waals surface area (Å²) >= 11 is 10.9. The Kier molecular flexibility index (Phi) is 4.54. The van der Waals surface area contributed by atoms with Gasteiger partial charge in [-0.15, -0.1) is 21.8 Å². The average Bonchev–Trinajstić information content (AvgIpc) is 2.78. The first kappa shape index (κ1) is 13.0. The number of rotatable bonds is 4. The Balaban J connectivity index is 2.27. The number of benzene rings is 1. The molecule has 17 heavy (non-hydrogen) atoms. The second-order valence-electron chi connectivity index (χ2n) is 3.78. The van der Waals surface area contributed by atoms with Crippen LogP contribution in [0, 0.1) is 6.92 Å². The van der Waals surface area contributed by atoms with Crippen molar-refractivity contribution in [2.45, 2.75) is 19.8 Å². The lowest BCUT2D eigenvalue weighted by Crippen LogP contribution is -1.84. The van der Waals surface area contributed by atoms with Crippen molar-refractivity contribution in [3.63, 3.8) is 0 Å². The topological polar surface area (TPSA) is 25.8 Å². The molecule has 0 aliphatic carbocycles. The molecule has 5 heteroatoms. The first-order valence-electron chi connectivity index (χ1n) is 5.35. The Bertz CT molecular complexity index is 513. The molecular formula is C12H12BrClN2S. The van der Waals surface area contributed by atoms with E-state index in [4.69, 9.17) is 11.6 Å². The van der Waals surface area contributed by atoms with E-state index >= 15 is 0 Å². The van der Waals surface area contributed by atoms with Crippen LogP contribution in [0.1, 0.15) is 17.0 Å². The molecule has 1 aromatic heterocycles. The Morgan fingerprint density at radius 2 is 2.18 bits per heavy atom. The third-order valence-corrected chi connectivity index (χ3v) is 4.32. The molecule has 0 amide bonds. The minimum absolute atomic E-state index is 0.670. The van der Waals surface area contributed by atoms with Crippen LogP contribution < -0.4 is 0 Å². The van der Waals surface area contributed by atoms with Crippen molar-refractivity contribution in [3.8, 4) is 10.6 Å². The highest BCUT2D eigenvalue weighted by Crippen LogP contribution is 2.31. The largest absolute Gasteiger partial charge is 0.148 e. The summed E-state index contributed by atoms with van der Waals surface area (Å²) in [4.78, 5) is 0. The minimum atomic E-state index is 0.670. The molecule has 2 nitrogen and oxygen atoms in total. The van der Waals surface area contributed by atoms with Gasteiger partial charge in [0.25, 0.3) is 0 Å². The highest BCUT2D eigenvalue weighted by Gasteiger charge is 2.09. The third-order valence-electron chi connectivity index (χ3n) is 2.34. The van der Waals surface area contributed by atoms with Crippen molar-refractivity contribution in [2.75, 3.05) is 5.88 Å². The van der Waals surface area contributed by atoms with Gasteiger partial charge in [-0.3, -0.25) is 0 Å². The maximum Gasteiger partial charge on any atom is 0.148 e. The molecular weight excluding hydrogens is 320 g/mol. The molecule has 90 valence electrons. The Morgan fingerprint density at radius 1 is 1.35 bits per heavy atom. The molecule has 0 atom stereocenters. The van der Waals surface area contributed by atoms with Crippen molar-refractivity contribution < 1.29 is 0 Å². The summed E-state index contributed by atoms with van der Waals surface area (Å²) in [5.74, 6) is 0.670. The summed E-state index contributed by atoms with van der Waals surface area (Å²) in [6.45, 7) is 2.07. The molecule has 2 aromatic rings. The van der Waals surface area contributed by atoms with Crippen molar-refractivity contribution in [3.05, 3.63) is 33.2 Å². The zero-order chi connectivity index (χ0) is 12.3. The molecule has 0 radical (unpaired) electrons. The lowest BCUT2D eigenvalue weighted by molar-refractivity contribution is 0.884. The standard InChI is InChI=1S/C12H12BrClN2S/c1-8-4-5-10(13)9(7-8)12-16-15-11(17-12)3-2-6-14/h4-5,7H,2-3,6H2,1H3. The van der Waals surface area contributed by atoms with Gasteiger partial charge in [0.05, 0.1) is 0 Å². The fourth-order valence-corrected chi connectivity index (χ4v) is 3.10. The van der Waals surface area contributed by atoms with Crippen LogP contribution in [0.15, 0.2) is 22.7 Å². The minimum Gasteiger partial charge on any atom is -0.143 e. The molecule has 0 unspecified atom stereocenters. The first-order valence-corrected chi connectivity index (χ1v) is 7.50. The van der Waals surface area contributed by atoms with Gasteiger partial charge < -0.3 is 0 Å². The molecule has 1 heterocycles. The van der Waals surface area contributed by atoms with Gasteiger partial charge in [-0.25, -0.2) is 0 Å². The van der Waals surface area contributed by atoms with Gasteiger partial charge in [0.1, 0.15) is 10.0 Å². The lowest BCUT2D eigenvalue weighted by atomic mass is 10.1. The number of nitrogens with zero attached hydrogens (tertiary/aromatic N) is 2. The van der Waals surface area contributed by atoms with Gasteiger partial charge in [-0.2, -0.15) is 0 Å². The number of hydrogen-bond donors (Lipinski definition) is 0. The average molecular weight is 332 g/mol. The van der Waals surface area contributed by atoms with Crippen LogP contribution >= 0.6 is 38.9 Å². The molecule has 0 aliphatic rings. The predicted molar refractivity (Wildman–Crippen MR) is 76.8 cm³/mol. The fourth-order valence-electron chi connectivity index (χ4n) is 1.48. The van der Waals surface area contributed by atoms with Gasteiger partial charge in [0.2, 0.25) is 0 Å². The smallest absolute Gasteiger partial charge is 0.143 e. The van der Waals surface area contributed by atoms with Gasteiger partial charge in [-0.1, -0.05) is 38.9 Å². The predicted octanol–water partition coefficient (Wildman–Crippen LogP) is 4.45. The van der Waals surface area contributed by atoms with Gasteiger partial charge >= 0.3 is 0 Å². The summed E-state index contributed by atoms with van der Waals surface area (Å²) < 4.78 is 1.06. The normalized spacial score (nSPS) is 10.8. The summed E-state index contributed by atoms with van der Waals surface area (Å²) in [5.41, 5.74) is 2.33. The monoisotopic (exact) mass is 330 g/mol. The van der Waals surface area contributed by atoms with E-state index < -0.39 is 0 Å². The van der Waals surface area contributed by atoms with Crippen LogP contribution in [0.4, 0.5) is 0 Å². The van der Waals surface area contributed by atoms with Crippen LogP contribution in [0.2, 0.25) is 0 Å². The molecule has 0 aliphatic heterocycles. The van der Waals surface area contributed by atoms with Crippen LogP contribution in [0.25, 0.3) is 10.6 Å². The van der Waals surface area contributed by atoms with Crippen LogP contribution in [-0.4, -0.2) is 16.1 Å². The van der Waals surface area contributed by atoms with E-state index in [9.17, 15) is 0 Å². The highest BCUT2D eigenvalue weighted by molar-refractivity contribution is 9.10. The Labute approximate surface area is 118 Å². The number of alkyl halides is 1. The molecule has 0 spiro atoms. The van der Waals surface area contributed by atoms with Crippen molar-refractivity contribution in [1.82, 2.24) is 10.2 Å². The zero-order valence-electron chi connectivity index (χ0n) is 9.41. The fraction of sp³-hybridized carbons (Fsp3) is 0.333. The van der Waals surface area contributed by atoms with Gasteiger partial charge in [0, 0.05) is 22.3 Å². The van der Waals surface area contributed by atoms with E-state index in [1.165, 1.54) is 5.56 Å². The number of halogens is 2. The maximum absolute atomic E-state index is 5.67. The van der Waals surface area contributed by atoms with Crippen LogP contribution in [-0.2, 0) is 6.42 Å². The molecule has 2 rings (SSSR count). The second kappa shape index (κ2) is 5.94. The molecule has 0 N–H and O–H groups in total. The molecule has 0 fully saturated rings. The summed E-state index contributed by atoms with van der Waals surface area (Å²) in [6.07, 6.45) is 1.86. The van der Waals surface area contributed by atoms with Crippen molar-refractivity contribution in [2.24, 2.45) is 0 Å². The number of aromatic nitrogens is 2. The van der Waals surface area contributed by atoms with Gasteiger partial charge in [-0.05, 0) is 25.5 Å². The van der Waals surface area contributed by atoms with Crippen molar-refractivity contribution in [1.29, 1.82) is 0 Å². The zero-order valence-corrected chi connectivity index (χ0v) is 12.6. The molecule has 1 aromatic carbocycles. The highest BCUT2D eigenvalue weighted by atomic mass is 79.9. The van der Waals surface area contributed by atoms with E-state index in [2.05, 4.69) is 45.2 Å². The lowest BCUT2D eigenvalue weighted by Gasteiger charge is -2.00. The van der Waals surface area contributed by atoms with E-state index in [1.807, 2.05) is 6.07 Å². The first-order chi connectivity index (χ1) is 8.20. The van der Waals surface area contributed by atoms with Crippen molar-refractivity contribution >= 4 is 38.9 Å². The summed E-state index contributed by atoms with van der Waals surface area (Å²) in [7, 11) is 0.